The minimum absolute atomic E-state index is 0.0631. The summed E-state index contributed by atoms with van der Waals surface area (Å²) in [6, 6.07) is 0.720. The number of carbonyl (C=O) groups excluding carboxylic acids is 2. The van der Waals surface area contributed by atoms with E-state index in [4.69, 9.17) is 0 Å². The molecule has 0 spiro atoms. The highest BCUT2D eigenvalue weighted by molar-refractivity contribution is 5.88. The Labute approximate surface area is 133 Å². The lowest BCUT2D eigenvalue weighted by molar-refractivity contribution is -0.151. The Morgan fingerprint density at radius 3 is 2.70 bits per heavy atom. The van der Waals surface area contributed by atoms with Gasteiger partial charge in [-0.2, -0.15) is 0 Å². The molecule has 0 aliphatic carbocycles. The minimum atomic E-state index is -0.628. The molecule has 8 nitrogen and oxygen atoms in total. The van der Waals surface area contributed by atoms with Crippen LogP contribution < -0.4 is 11.2 Å². The normalized spacial score (nSPS) is 18.3. The molecule has 0 bridgehead atoms. The molecular weight excluding hydrogens is 300 g/mol. The van der Waals surface area contributed by atoms with Gasteiger partial charge in [-0.05, 0) is 6.42 Å². The summed E-state index contributed by atoms with van der Waals surface area (Å²) in [7, 11) is 1.73. The highest BCUT2D eigenvalue weighted by Crippen LogP contribution is 2.16. The zero-order valence-corrected chi connectivity index (χ0v) is 13.4. The van der Waals surface area contributed by atoms with E-state index < -0.39 is 17.3 Å². The number of hydrogen-bond donors (Lipinski definition) is 1. The number of aromatic nitrogens is 2. The van der Waals surface area contributed by atoms with Crippen LogP contribution in [0, 0.1) is 0 Å². The highest BCUT2D eigenvalue weighted by atomic mass is 16.2. The van der Waals surface area contributed by atoms with Crippen molar-refractivity contribution in [3.8, 4) is 0 Å². The maximum atomic E-state index is 12.5. The molecule has 2 amide bonds. The summed E-state index contributed by atoms with van der Waals surface area (Å²) in [6.45, 7) is 2.78. The van der Waals surface area contributed by atoms with Crippen molar-refractivity contribution in [1.82, 2.24) is 19.4 Å². The van der Waals surface area contributed by atoms with Crippen molar-refractivity contribution < 1.29 is 9.59 Å². The second kappa shape index (κ2) is 7.26. The molecule has 2 rings (SSSR count). The lowest BCUT2D eigenvalue weighted by atomic mass is 10.0. The Kier molecular flexibility index (Phi) is 5.36. The van der Waals surface area contributed by atoms with E-state index in [1.807, 2.05) is 6.92 Å². The van der Waals surface area contributed by atoms with Crippen LogP contribution in [0.15, 0.2) is 21.9 Å². The molecule has 1 atom stereocenters. The molecule has 1 saturated heterocycles. The van der Waals surface area contributed by atoms with Gasteiger partial charge < -0.3 is 9.80 Å². The average Bonchev–Trinajstić information content (AvgIpc) is 2.51. The van der Waals surface area contributed by atoms with Gasteiger partial charge in [-0.25, -0.2) is 4.79 Å². The van der Waals surface area contributed by atoms with Gasteiger partial charge in [0.1, 0.15) is 12.6 Å². The Morgan fingerprint density at radius 1 is 1.30 bits per heavy atom. The van der Waals surface area contributed by atoms with Crippen molar-refractivity contribution in [2.75, 3.05) is 20.1 Å². The predicted molar refractivity (Wildman–Crippen MR) is 84.0 cm³/mol. The summed E-state index contributed by atoms with van der Waals surface area (Å²) in [6.07, 6.45) is 3.70. The monoisotopic (exact) mass is 322 g/mol. The van der Waals surface area contributed by atoms with Gasteiger partial charge in [0.15, 0.2) is 0 Å². The average molecular weight is 322 g/mol. The lowest BCUT2D eigenvalue weighted by Crippen LogP contribution is -2.58. The number of aromatic amines is 1. The van der Waals surface area contributed by atoms with Gasteiger partial charge in [-0.15, -0.1) is 0 Å². The number of piperazine rings is 1. The van der Waals surface area contributed by atoms with Crippen LogP contribution in [-0.4, -0.2) is 57.3 Å². The van der Waals surface area contributed by atoms with Crippen molar-refractivity contribution in [3.05, 3.63) is 33.1 Å². The highest BCUT2D eigenvalue weighted by Gasteiger charge is 2.35. The Hall–Kier alpha value is -2.38. The summed E-state index contributed by atoms with van der Waals surface area (Å²) in [4.78, 5) is 52.9. The van der Waals surface area contributed by atoms with Crippen LogP contribution in [-0.2, 0) is 16.1 Å². The molecule has 1 fully saturated rings. The molecule has 8 heteroatoms. The van der Waals surface area contributed by atoms with Crippen molar-refractivity contribution in [3.63, 3.8) is 0 Å². The third-order valence-corrected chi connectivity index (χ3v) is 4.07. The van der Waals surface area contributed by atoms with Gasteiger partial charge in [0.25, 0.3) is 5.56 Å². The molecule has 23 heavy (non-hydrogen) atoms. The van der Waals surface area contributed by atoms with Gasteiger partial charge in [-0.1, -0.05) is 19.8 Å². The maximum absolute atomic E-state index is 12.5. The number of amides is 2. The number of hydrogen-bond acceptors (Lipinski definition) is 4. The van der Waals surface area contributed by atoms with Crippen LogP contribution in [0.4, 0.5) is 0 Å². The van der Waals surface area contributed by atoms with Crippen LogP contribution in [0.1, 0.15) is 26.2 Å². The molecule has 1 aliphatic rings. The number of H-pyrrole nitrogens is 1. The third-order valence-electron chi connectivity index (χ3n) is 4.07. The van der Waals surface area contributed by atoms with E-state index in [2.05, 4.69) is 4.98 Å². The number of nitrogens with one attached hydrogen (secondary N) is 1. The van der Waals surface area contributed by atoms with Crippen molar-refractivity contribution in [2.24, 2.45) is 0 Å². The quantitative estimate of drug-likeness (QED) is 0.783. The van der Waals surface area contributed by atoms with E-state index in [1.165, 1.54) is 12.3 Å². The Morgan fingerprint density at radius 2 is 2.04 bits per heavy atom. The fourth-order valence-electron chi connectivity index (χ4n) is 2.69. The van der Waals surface area contributed by atoms with E-state index in [0.717, 1.165) is 17.4 Å². The molecular formula is C15H22N4O4. The molecule has 1 aliphatic heterocycles. The zero-order valence-electron chi connectivity index (χ0n) is 13.4. The van der Waals surface area contributed by atoms with Crippen LogP contribution in [0.25, 0.3) is 0 Å². The van der Waals surface area contributed by atoms with E-state index in [-0.39, 0.29) is 18.4 Å². The number of likely N-dealkylation sites (N-methyl/N-ethyl adjacent to an activating group) is 1. The number of nitrogens with zero attached hydrogens (tertiary/aromatic N) is 3. The largest absolute Gasteiger partial charge is 0.342 e. The van der Waals surface area contributed by atoms with Crippen LogP contribution >= 0.6 is 0 Å². The standard InChI is InChI=1S/C15H22N4O4/c1-3-4-5-11-14(22)17(2)8-9-19(11)13(21)10-18-7-6-12(20)16-15(18)23/h6-7,11H,3-5,8-10H2,1-2H3,(H,16,20,23)/t11-/m0/s1. The molecule has 126 valence electrons. The summed E-state index contributed by atoms with van der Waals surface area (Å²) in [5.41, 5.74) is -1.13. The van der Waals surface area contributed by atoms with Gasteiger partial charge in [-0.3, -0.25) is 23.9 Å². The molecule has 1 N–H and O–H groups in total. The molecule has 0 unspecified atom stereocenters. The number of unbranched alkanes of at least 4 members (excludes halogenated alkanes) is 1. The third kappa shape index (κ3) is 3.88. The summed E-state index contributed by atoms with van der Waals surface area (Å²) in [5.74, 6) is -0.353. The first-order valence-electron chi connectivity index (χ1n) is 7.78. The SMILES string of the molecule is CCCC[C@H]1C(=O)N(C)CCN1C(=O)Cn1ccc(=O)[nH]c1=O. The topological polar surface area (TPSA) is 95.5 Å². The molecule has 0 saturated carbocycles. The van der Waals surface area contributed by atoms with Crippen LogP contribution in [0.5, 0.6) is 0 Å². The van der Waals surface area contributed by atoms with Gasteiger partial charge in [0, 0.05) is 32.4 Å². The number of rotatable bonds is 5. The Balaban J connectivity index is 2.16. The molecule has 2 heterocycles. The molecule has 1 aromatic heterocycles. The lowest BCUT2D eigenvalue weighted by Gasteiger charge is -2.39. The van der Waals surface area contributed by atoms with Crippen molar-refractivity contribution >= 4 is 11.8 Å². The minimum Gasteiger partial charge on any atom is -0.342 e. The summed E-state index contributed by atoms with van der Waals surface area (Å²) in [5, 5.41) is 0. The smallest absolute Gasteiger partial charge is 0.328 e. The molecule has 0 radical (unpaired) electrons. The molecule has 0 aromatic carbocycles. The summed E-state index contributed by atoms with van der Waals surface area (Å²) >= 11 is 0. The maximum Gasteiger partial charge on any atom is 0.328 e. The number of carbonyl (C=O) groups is 2. The van der Waals surface area contributed by atoms with Gasteiger partial charge in [0.2, 0.25) is 11.8 Å². The fraction of sp³-hybridized carbons (Fsp3) is 0.600. The second-order valence-corrected chi connectivity index (χ2v) is 5.74. The predicted octanol–water partition coefficient (Wildman–Crippen LogP) is -0.604. The second-order valence-electron chi connectivity index (χ2n) is 5.74. The first-order chi connectivity index (χ1) is 10.9. The van der Waals surface area contributed by atoms with E-state index in [9.17, 15) is 19.2 Å². The van der Waals surface area contributed by atoms with E-state index in [1.54, 1.807) is 16.8 Å². The Bertz CT molecular complexity index is 693. The zero-order chi connectivity index (χ0) is 17.0. The first kappa shape index (κ1) is 17.0. The van der Waals surface area contributed by atoms with Gasteiger partial charge in [0.05, 0.1) is 0 Å². The van der Waals surface area contributed by atoms with Crippen LogP contribution in [0.2, 0.25) is 0 Å². The van der Waals surface area contributed by atoms with Crippen molar-refractivity contribution in [1.29, 1.82) is 0 Å². The first-order valence-corrected chi connectivity index (χ1v) is 7.78. The van der Waals surface area contributed by atoms with Crippen molar-refractivity contribution in [2.45, 2.75) is 38.8 Å². The van der Waals surface area contributed by atoms with Crippen LogP contribution in [0.3, 0.4) is 0 Å². The van der Waals surface area contributed by atoms with Gasteiger partial charge >= 0.3 is 5.69 Å². The van der Waals surface area contributed by atoms with E-state index >= 15 is 0 Å². The summed E-state index contributed by atoms with van der Waals surface area (Å²) < 4.78 is 1.14. The van der Waals surface area contributed by atoms with E-state index in [0.29, 0.717) is 19.5 Å². The fourth-order valence-corrected chi connectivity index (χ4v) is 2.69. The molecule has 1 aromatic rings.